The fraction of sp³-hybridized carbons (Fsp3) is 0.500. The van der Waals surface area contributed by atoms with Crippen LogP contribution < -0.4 is 5.32 Å². The Labute approximate surface area is 87.8 Å². The number of hydrogen-bond acceptors (Lipinski definition) is 4. The van der Waals surface area contributed by atoms with Crippen molar-refractivity contribution in [2.75, 3.05) is 6.54 Å². The van der Waals surface area contributed by atoms with Gasteiger partial charge in [-0.3, -0.25) is 9.59 Å². The van der Waals surface area contributed by atoms with Gasteiger partial charge < -0.3 is 9.84 Å². The Hall–Kier alpha value is -1.65. The summed E-state index contributed by atoms with van der Waals surface area (Å²) in [5.74, 6) is -0.430. The first-order chi connectivity index (χ1) is 6.91. The van der Waals surface area contributed by atoms with Crippen molar-refractivity contribution in [1.82, 2.24) is 10.5 Å². The molecule has 0 spiro atoms. The summed E-state index contributed by atoms with van der Waals surface area (Å²) < 4.78 is 4.51. The van der Waals surface area contributed by atoms with E-state index in [1.165, 1.54) is 12.3 Å². The summed E-state index contributed by atoms with van der Waals surface area (Å²) in [7, 11) is 0. The number of Topliss-reactive ketones (excluding diaryl/α,β-unsaturated/α-hetero) is 1. The van der Waals surface area contributed by atoms with Crippen LogP contribution >= 0.6 is 0 Å². The lowest BCUT2D eigenvalue weighted by molar-refractivity contribution is -0.125. The van der Waals surface area contributed by atoms with Crippen LogP contribution in [0.5, 0.6) is 0 Å². The second kappa shape index (κ2) is 4.25. The minimum Gasteiger partial charge on any atom is -0.364 e. The van der Waals surface area contributed by atoms with Crippen molar-refractivity contribution in [2.45, 2.75) is 20.8 Å². The van der Waals surface area contributed by atoms with Gasteiger partial charge in [0.05, 0.1) is 6.54 Å². The van der Waals surface area contributed by atoms with Crippen molar-refractivity contribution >= 4 is 11.7 Å². The van der Waals surface area contributed by atoms with Crippen LogP contribution in [-0.2, 0) is 4.79 Å². The summed E-state index contributed by atoms with van der Waals surface area (Å²) in [6.45, 7) is 5.42. The van der Waals surface area contributed by atoms with E-state index in [-0.39, 0.29) is 18.0 Å². The van der Waals surface area contributed by atoms with Crippen LogP contribution in [0.25, 0.3) is 0 Å². The number of nitrogens with one attached hydrogen (secondary N) is 1. The van der Waals surface area contributed by atoms with Gasteiger partial charge in [-0.05, 0) is 0 Å². The summed E-state index contributed by atoms with van der Waals surface area (Å²) >= 11 is 0. The van der Waals surface area contributed by atoms with Gasteiger partial charge in [-0.1, -0.05) is 25.9 Å². The molecule has 0 bridgehead atoms. The molecule has 1 heterocycles. The third-order valence-corrected chi connectivity index (χ3v) is 1.92. The van der Waals surface area contributed by atoms with E-state index in [1.807, 2.05) is 0 Å². The average molecular weight is 210 g/mol. The molecule has 1 aromatic heterocycles. The SMILES string of the molecule is CC(C)(C)C(=O)CNC(=O)c1ccon1. The molecule has 0 aliphatic carbocycles. The quantitative estimate of drug-likeness (QED) is 0.808. The van der Waals surface area contributed by atoms with Gasteiger partial charge in [-0.2, -0.15) is 0 Å². The standard InChI is InChI=1S/C10H14N2O3/c1-10(2,3)8(13)6-11-9(14)7-4-5-15-12-7/h4-5H,6H2,1-3H3,(H,11,14). The van der Waals surface area contributed by atoms with E-state index in [9.17, 15) is 9.59 Å². The molecule has 0 fully saturated rings. The zero-order chi connectivity index (χ0) is 11.5. The second-order valence-electron chi connectivity index (χ2n) is 4.24. The van der Waals surface area contributed by atoms with Crippen molar-refractivity contribution in [3.63, 3.8) is 0 Å². The zero-order valence-electron chi connectivity index (χ0n) is 9.03. The maximum Gasteiger partial charge on any atom is 0.273 e. The zero-order valence-corrected chi connectivity index (χ0v) is 9.03. The first-order valence-corrected chi connectivity index (χ1v) is 4.63. The van der Waals surface area contributed by atoms with Gasteiger partial charge in [0.25, 0.3) is 5.91 Å². The van der Waals surface area contributed by atoms with Crippen LogP contribution in [0.1, 0.15) is 31.3 Å². The molecule has 0 saturated carbocycles. The molecular weight excluding hydrogens is 196 g/mol. The Morgan fingerprint density at radius 3 is 2.60 bits per heavy atom. The van der Waals surface area contributed by atoms with Gasteiger partial charge in [0, 0.05) is 11.5 Å². The average Bonchev–Trinajstić information content (AvgIpc) is 2.64. The predicted octanol–water partition coefficient (Wildman–Crippen LogP) is 1.02. The molecule has 5 heteroatoms. The molecule has 15 heavy (non-hydrogen) atoms. The molecule has 0 radical (unpaired) electrons. The molecule has 5 nitrogen and oxygen atoms in total. The summed E-state index contributed by atoms with van der Waals surface area (Å²) in [6, 6.07) is 1.44. The predicted molar refractivity (Wildman–Crippen MR) is 53.3 cm³/mol. The molecule has 1 rings (SSSR count). The van der Waals surface area contributed by atoms with E-state index in [1.54, 1.807) is 20.8 Å². The molecule has 1 aromatic rings. The van der Waals surface area contributed by atoms with Gasteiger partial charge in [-0.25, -0.2) is 0 Å². The van der Waals surface area contributed by atoms with E-state index in [4.69, 9.17) is 0 Å². The number of nitrogens with zero attached hydrogens (tertiary/aromatic N) is 1. The van der Waals surface area contributed by atoms with E-state index in [2.05, 4.69) is 15.0 Å². The Balaban J connectivity index is 2.45. The van der Waals surface area contributed by atoms with Crippen molar-refractivity contribution in [1.29, 1.82) is 0 Å². The van der Waals surface area contributed by atoms with Crippen molar-refractivity contribution in [3.8, 4) is 0 Å². The Morgan fingerprint density at radius 2 is 2.13 bits per heavy atom. The lowest BCUT2D eigenvalue weighted by atomic mass is 9.91. The number of carbonyl (C=O) groups is 2. The Kier molecular flexibility index (Phi) is 3.24. The fourth-order valence-electron chi connectivity index (χ4n) is 0.846. The molecule has 0 unspecified atom stereocenters. The monoisotopic (exact) mass is 210 g/mol. The second-order valence-corrected chi connectivity index (χ2v) is 4.24. The molecular formula is C10H14N2O3. The number of hydrogen-bond donors (Lipinski definition) is 1. The Morgan fingerprint density at radius 1 is 1.47 bits per heavy atom. The van der Waals surface area contributed by atoms with Crippen LogP contribution in [0.2, 0.25) is 0 Å². The highest BCUT2D eigenvalue weighted by Gasteiger charge is 2.21. The first-order valence-electron chi connectivity index (χ1n) is 4.63. The highest BCUT2D eigenvalue weighted by atomic mass is 16.5. The molecule has 1 N–H and O–H groups in total. The minimum atomic E-state index is -0.447. The van der Waals surface area contributed by atoms with E-state index < -0.39 is 11.3 Å². The van der Waals surface area contributed by atoms with Gasteiger partial charge in [-0.15, -0.1) is 0 Å². The summed E-state index contributed by atoms with van der Waals surface area (Å²) in [6.07, 6.45) is 1.31. The molecule has 0 aliphatic heterocycles. The molecule has 82 valence electrons. The molecule has 0 aromatic carbocycles. The van der Waals surface area contributed by atoms with Crippen molar-refractivity contribution < 1.29 is 14.1 Å². The van der Waals surface area contributed by atoms with Gasteiger partial charge >= 0.3 is 0 Å². The third kappa shape index (κ3) is 3.19. The van der Waals surface area contributed by atoms with Gasteiger partial charge in [0.15, 0.2) is 11.5 Å². The van der Waals surface area contributed by atoms with Crippen LogP contribution in [0.4, 0.5) is 0 Å². The summed E-state index contributed by atoms with van der Waals surface area (Å²) in [4.78, 5) is 22.8. The highest BCUT2D eigenvalue weighted by Crippen LogP contribution is 2.13. The van der Waals surface area contributed by atoms with E-state index in [0.29, 0.717) is 0 Å². The number of aromatic nitrogens is 1. The normalized spacial score (nSPS) is 11.1. The third-order valence-electron chi connectivity index (χ3n) is 1.92. The largest absolute Gasteiger partial charge is 0.364 e. The lowest BCUT2D eigenvalue weighted by Gasteiger charge is -2.16. The minimum absolute atomic E-state index is 0.00912. The lowest BCUT2D eigenvalue weighted by Crippen LogP contribution is -2.35. The maximum absolute atomic E-state index is 11.5. The summed E-state index contributed by atoms with van der Waals surface area (Å²) in [5.41, 5.74) is -0.270. The highest BCUT2D eigenvalue weighted by molar-refractivity contribution is 5.96. The van der Waals surface area contributed by atoms with Crippen LogP contribution in [0, 0.1) is 5.41 Å². The number of rotatable bonds is 3. The first kappa shape index (κ1) is 11.4. The van der Waals surface area contributed by atoms with Crippen LogP contribution in [-0.4, -0.2) is 23.4 Å². The van der Waals surface area contributed by atoms with E-state index >= 15 is 0 Å². The topological polar surface area (TPSA) is 72.2 Å². The van der Waals surface area contributed by atoms with Crippen molar-refractivity contribution in [3.05, 3.63) is 18.0 Å². The summed E-state index contributed by atoms with van der Waals surface area (Å²) in [5, 5.41) is 5.94. The maximum atomic E-state index is 11.5. The number of amides is 1. The molecule has 1 amide bonds. The fourth-order valence-corrected chi connectivity index (χ4v) is 0.846. The van der Waals surface area contributed by atoms with E-state index in [0.717, 1.165) is 0 Å². The molecule has 0 aliphatic rings. The Bertz CT molecular complexity index is 349. The van der Waals surface area contributed by atoms with Crippen LogP contribution in [0.15, 0.2) is 16.9 Å². The molecule has 0 saturated heterocycles. The smallest absolute Gasteiger partial charge is 0.273 e. The molecule has 0 atom stereocenters. The van der Waals surface area contributed by atoms with Crippen molar-refractivity contribution in [2.24, 2.45) is 5.41 Å². The van der Waals surface area contributed by atoms with Gasteiger partial charge in [0.2, 0.25) is 0 Å². The van der Waals surface area contributed by atoms with Gasteiger partial charge in [0.1, 0.15) is 6.26 Å². The van der Waals surface area contributed by atoms with Crippen LogP contribution in [0.3, 0.4) is 0 Å². The number of carbonyl (C=O) groups excluding carboxylic acids is 2. The number of ketones is 1.